The molecule has 0 aromatic heterocycles. The molecule has 0 saturated heterocycles. The molecule has 1 aliphatic carbocycles. The third-order valence-electron chi connectivity index (χ3n) is 4.38. The molecular weight excluding hydrogens is 232 g/mol. The molecule has 0 N–H and O–H groups in total. The van der Waals surface area contributed by atoms with Crippen molar-refractivity contribution in [3.8, 4) is 0 Å². The molecule has 1 aromatic rings. The Labute approximate surface area is 116 Å². The minimum atomic E-state index is -0.394. The molecule has 0 spiro atoms. The number of benzene rings is 1. The zero-order valence-corrected chi connectivity index (χ0v) is 12.0. The van der Waals surface area contributed by atoms with Crippen LogP contribution >= 0.6 is 0 Å². The van der Waals surface area contributed by atoms with E-state index in [2.05, 4.69) is 25.6 Å². The number of carbonyl (C=O) groups is 1. The van der Waals surface area contributed by atoms with Crippen molar-refractivity contribution < 1.29 is 4.79 Å². The minimum Gasteiger partial charge on any atom is -0.298 e. The molecule has 1 aliphatic rings. The second-order valence-corrected chi connectivity index (χ2v) is 5.61. The van der Waals surface area contributed by atoms with Gasteiger partial charge in [-0.15, -0.1) is 0 Å². The Hall–Kier alpha value is -1.37. The Morgan fingerprint density at radius 3 is 2.53 bits per heavy atom. The fourth-order valence-corrected chi connectivity index (χ4v) is 3.27. The zero-order valence-electron chi connectivity index (χ0n) is 12.0. The van der Waals surface area contributed by atoms with Crippen molar-refractivity contribution in [3.05, 3.63) is 48.0 Å². The lowest BCUT2D eigenvalue weighted by molar-refractivity contribution is -0.124. The summed E-state index contributed by atoms with van der Waals surface area (Å²) in [6, 6.07) is 10.3. The SMILES string of the molecule is C=C1CCCC(=O)C1(CCCCC)c1ccccc1. The maximum absolute atomic E-state index is 12.7. The average molecular weight is 256 g/mol. The lowest BCUT2D eigenvalue weighted by Crippen LogP contribution is -2.40. The third-order valence-corrected chi connectivity index (χ3v) is 4.38. The molecule has 0 bridgehead atoms. The number of hydrogen-bond donors (Lipinski definition) is 0. The first-order chi connectivity index (χ1) is 9.21. The van der Waals surface area contributed by atoms with E-state index < -0.39 is 5.41 Å². The monoisotopic (exact) mass is 256 g/mol. The van der Waals surface area contributed by atoms with Gasteiger partial charge in [0.1, 0.15) is 5.78 Å². The molecule has 0 radical (unpaired) electrons. The van der Waals surface area contributed by atoms with Crippen LogP contribution in [0.4, 0.5) is 0 Å². The highest BCUT2D eigenvalue weighted by atomic mass is 16.1. The number of allylic oxidation sites excluding steroid dienone is 1. The van der Waals surface area contributed by atoms with Crippen LogP contribution in [0.2, 0.25) is 0 Å². The Morgan fingerprint density at radius 2 is 1.89 bits per heavy atom. The van der Waals surface area contributed by atoms with E-state index in [0.29, 0.717) is 12.2 Å². The number of Topliss-reactive ketones (excluding diaryl/α,β-unsaturated/α-hetero) is 1. The molecule has 1 unspecified atom stereocenters. The smallest absolute Gasteiger partial charge is 0.147 e. The zero-order chi connectivity index (χ0) is 13.7. The maximum Gasteiger partial charge on any atom is 0.147 e. The van der Waals surface area contributed by atoms with Crippen LogP contribution in [-0.4, -0.2) is 5.78 Å². The molecule has 2 rings (SSSR count). The second-order valence-electron chi connectivity index (χ2n) is 5.61. The van der Waals surface area contributed by atoms with E-state index in [1.807, 2.05) is 18.2 Å². The molecule has 102 valence electrons. The standard InChI is InChI=1S/C18H24O/c1-3-4-8-14-18(16-11-6-5-7-12-16)15(2)10-9-13-17(18)19/h5-7,11-12H,2-4,8-10,13-14H2,1H3. The van der Waals surface area contributed by atoms with Gasteiger partial charge in [0.05, 0.1) is 5.41 Å². The van der Waals surface area contributed by atoms with Crippen molar-refractivity contribution in [1.29, 1.82) is 0 Å². The van der Waals surface area contributed by atoms with E-state index >= 15 is 0 Å². The van der Waals surface area contributed by atoms with Crippen molar-refractivity contribution in [1.82, 2.24) is 0 Å². The van der Waals surface area contributed by atoms with Crippen LogP contribution in [0.5, 0.6) is 0 Å². The summed E-state index contributed by atoms with van der Waals surface area (Å²) in [5.41, 5.74) is 1.89. The number of ketones is 1. The van der Waals surface area contributed by atoms with Crippen LogP contribution in [0.15, 0.2) is 42.5 Å². The Morgan fingerprint density at radius 1 is 1.16 bits per heavy atom. The number of unbranched alkanes of at least 4 members (excludes halogenated alkanes) is 2. The summed E-state index contributed by atoms with van der Waals surface area (Å²) in [4.78, 5) is 12.7. The highest BCUT2D eigenvalue weighted by Crippen LogP contribution is 2.44. The predicted molar refractivity (Wildman–Crippen MR) is 80.3 cm³/mol. The lowest BCUT2D eigenvalue weighted by atomic mass is 9.63. The van der Waals surface area contributed by atoms with Crippen LogP contribution in [0.25, 0.3) is 0 Å². The summed E-state index contributed by atoms with van der Waals surface area (Å²) in [6.07, 6.45) is 7.09. The summed E-state index contributed by atoms with van der Waals surface area (Å²) >= 11 is 0. The van der Waals surface area contributed by atoms with Crippen molar-refractivity contribution in [2.24, 2.45) is 0 Å². The Kier molecular flexibility index (Phi) is 4.57. The molecule has 1 heteroatoms. The Bertz CT molecular complexity index is 428. The van der Waals surface area contributed by atoms with Gasteiger partial charge >= 0.3 is 0 Å². The van der Waals surface area contributed by atoms with E-state index in [9.17, 15) is 4.79 Å². The summed E-state index contributed by atoms with van der Waals surface area (Å²) in [5.74, 6) is 0.381. The molecule has 0 amide bonds. The second kappa shape index (κ2) is 6.18. The average Bonchev–Trinajstić information content (AvgIpc) is 2.43. The molecule has 0 heterocycles. The largest absolute Gasteiger partial charge is 0.298 e. The first-order valence-electron chi connectivity index (χ1n) is 7.49. The van der Waals surface area contributed by atoms with Crippen LogP contribution in [0, 0.1) is 0 Å². The van der Waals surface area contributed by atoms with Gasteiger partial charge in [0.25, 0.3) is 0 Å². The fourth-order valence-electron chi connectivity index (χ4n) is 3.27. The van der Waals surface area contributed by atoms with Gasteiger partial charge in [-0.25, -0.2) is 0 Å². The third kappa shape index (κ3) is 2.65. The minimum absolute atomic E-state index is 0.381. The molecule has 0 aliphatic heterocycles. The topological polar surface area (TPSA) is 17.1 Å². The molecule has 19 heavy (non-hydrogen) atoms. The van der Waals surface area contributed by atoms with Crippen LogP contribution in [0.3, 0.4) is 0 Å². The van der Waals surface area contributed by atoms with Crippen LogP contribution in [0.1, 0.15) is 57.4 Å². The van der Waals surface area contributed by atoms with Gasteiger partial charge in [-0.3, -0.25) is 4.79 Å². The van der Waals surface area contributed by atoms with E-state index in [1.165, 1.54) is 12.8 Å². The maximum atomic E-state index is 12.7. The molecule has 1 atom stereocenters. The number of hydrogen-bond acceptors (Lipinski definition) is 1. The quantitative estimate of drug-likeness (QED) is 0.545. The first-order valence-corrected chi connectivity index (χ1v) is 7.49. The van der Waals surface area contributed by atoms with Crippen molar-refractivity contribution in [2.45, 2.75) is 57.3 Å². The van der Waals surface area contributed by atoms with Gasteiger partial charge in [0, 0.05) is 6.42 Å². The van der Waals surface area contributed by atoms with E-state index in [0.717, 1.165) is 36.8 Å². The normalized spacial score (nSPS) is 23.6. The van der Waals surface area contributed by atoms with Gasteiger partial charge in [0.2, 0.25) is 0 Å². The predicted octanol–water partition coefficient (Wildman–Crippen LogP) is 4.81. The van der Waals surface area contributed by atoms with Gasteiger partial charge in [-0.05, 0) is 24.8 Å². The van der Waals surface area contributed by atoms with Crippen molar-refractivity contribution in [2.75, 3.05) is 0 Å². The highest BCUT2D eigenvalue weighted by molar-refractivity contribution is 5.94. The van der Waals surface area contributed by atoms with Gasteiger partial charge in [-0.1, -0.05) is 68.7 Å². The van der Waals surface area contributed by atoms with E-state index in [-0.39, 0.29) is 0 Å². The van der Waals surface area contributed by atoms with E-state index in [1.54, 1.807) is 0 Å². The molecular formula is C18H24O. The fraction of sp³-hybridized carbons (Fsp3) is 0.500. The highest BCUT2D eigenvalue weighted by Gasteiger charge is 2.43. The molecule has 1 fully saturated rings. The summed E-state index contributed by atoms with van der Waals surface area (Å²) in [7, 11) is 0. The summed E-state index contributed by atoms with van der Waals surface area (Å²) in [6.45, 7) is 6.45. The molecule has 1 nitrogen and oxygen atoms in total. The van der Waals surface area contributed by atoms with Crippen molar-refractivity contribution >= 4 is 5.78 Å². The number of carbonyl (C=O) groups excluding carboxylic acids is 1. The van der Waals surface area contributed by atoms with Gasteiger partial charge < -0.3 is 0 Å². The van der Waals surface area contributed by atoms with Crippen LogP contribution < -0.4 is 0 Å². The lowest BCUT2D eigenvalue weighted by Gasteiger charge is -2.38. The first kappa shape index (κ1) is 14.0. The van der Waals surface area contributed by atoms with Crippen LogP contribution in [-0.2, 0) is 10.2 Å². The Balaban J connectivity index is 2.36. The van der Waals surface area contributed by atoms with Crippen molar-refractivity contribution in [3.63, 3.8) is 0 Å². The number of rotatable bonds is 5. The summed E-state index contributed by atoms with van der Waals surface area (Å²) in [5, 5.41) is 0. The molecule has 1 aromatic carbocycles. The van der Waals surface area contributed by atoms with Gasteiger partial charge in [0.15, 0.2) is 0 Å². The van der Waals surface area contributed by atoms with E-state index in [4.69, 9.17) is 0 Å². The summed E-state index contributed by atoms with van der Waals surface area (Å²) < 4.78 is 0. The molecule has 1 saturated carbocycles. The van der Waals surface area contributed by atoms with Gasteiger partial charge in [-0.2, -0.15) is 0 Å².